The summed E-state index contributed by atoms with van der Waals surface area (Å²) in [6.45, 7) is 11.1. The standard InChI is InChI=1S/C12H21NO/c1-3-5-12(2)6-4-7-13-8-10-14-11-9-13/h3,5H,1,4,6-11H2,2H3/b12-5+. The second-order valence-corrected chi connectivity index (χ2v) is 3.81. The average Bonchev–Trinajstić information content (AvgIpc) is 2.20. The van der Waals surface area contributed by atoms with Gasteiger partial charge < -0.3 is 4.74 Å². The first kappa shape index (κ1) is 11.5. The largest absolute Gasteiger partial charge is 0.379 e. The third-order valence-corrected chi connectivity index (χ3v) is 2.55. The minimum atomic E-state index is 0.904. The van der Waals surface area contributed by atoms with Crippen LogP contribution in [0.25, 0.3) is 0 Å². The fourth-order valence-electron chi connectivity index (χ4n) is 1.69. The minimum absolute atomic E-state index is 0.904. The highest BCUT2D eigenvalue weighted by Crippen LogP contribution is 2.06. The van der Waals surface area contributed by atoms with Gasteiger partial charge in [-0.1, -0.05) is 24.3 Å². The zero-order valence-electron chi connectivity index (χ0n) is 9.17. The van der Waals surface area contributed by atoms with Gasteiger partial charge in [-0.15, -0.1) is 0 Å². The molecule has 1 fully saturated rings. The summed E-state index contributed by atoms with van der Waals surface area (Å²) in [4.78, 5) is 2.48. The summed E-state index contributed by atoms with van der Waals surface area (Å²) < 4.78 is 5.30. The Morgan fingerprint density at radius 2 is 2.14 bits per heavy atom. The predicted molar refractivity (Wildman–Crippen MR) is 60.4 cm³/mol. The molecule has 14 heavy (non-hydrogen) atoms. The van der Waals surface area contributed by atoms with Crippen LogP contribution in [-0.4, -0.2) is 37.7 Å². The van der Waals surface area contributed by atoms with Crippen LogP contribution in [0.3, 0.4) is 0 Å². The zero-order chi connectivity index (χ0) is 10.2. The van der Waals surface area contributed by atoms with E-state index in [4.69, 9.17) is 4.74 Å². The molecule has 0 spiro atoms. The maximum atomic E-state index is 5.30. The molecule has 0 bridgehead atoms. The molecule has 80 valence electrons. The van der Waals surface area contributed by atoms with Crippen molar-refractivity contribution in [2.24, 2.45) is 0 Å². The topological polar surface area (TPSA) is 12.5 Å². The summed E-state index contributed by atoms with van der Waals surface area (Å²) in [6.07, 6.45) is 6.39. The Bertz CT molecular complexity index is 192. The van der Waals surface area contributed by atoms with E-state index in [9.17, 15) is 0 Å². The van der Waals surface area contributed by atoms with E-state index in [1.165, 1.54) is 25.0 Å². The van der Waals surface area contributed by atoms with Crippen molar-refractivity contribution in [3.8, 4) is 0 Å². The molecule has 1 saturated heterocycles. The highest BCUT2D eigenvalue weighted by molar-refractivity contribution is 5.07. The lowest BCUT2D eigenvalue weighted by Crippen LogP contribution is -2.36. The van der Waals surface area contributed by atoms with Crippen LogP contribution in [0.15, 0.2) is 24.3 Å². The van der Waals surface area contributed by atoms with Crippen molar-refractivity contribution < 1.29 is 4.74 Å². The normalized spacial score (nSPS) is 19.6. The molecule has 0 amide bonds. The van der Waals surface area contributed by atoms with Gasteiger partial charge >= 0.3 is 0 Å². The van der Waals surface area contributed by atoms with Gasteiger partial charge in [-0.05, 0) is 26.3 Å². The minimum Gasteiger partial charge on any atom is -0.379 e. The lowest BCUT2D eigenvalue weighted by molar-refractivity contribution is 0.0375. The van der Waals surface area contributed by atoms with Crippen LogP contribution in [0.4, 0.5) is 0 Å². The lowest BCUT2D eigenvalue weighted by atomic mass is 10.1. The highest BCUT2D eigenvalue weighted by Gasteiger charge is 2.08. The van der Waals surface area contributed by atoms with E-state index >= 15 is 0 Å². The van der Waals surface area contributed by atoms with Crippen molar-refractivity contribution in [1.29, 1.82) is 0 Å². The van der Waals surface area contributed by atoms with Gasteiger partial charge in [0.2, 0.25) is 0 Å². The summed E-state index contributed by atoms with van der Waals surface area (Å²) in [6, 6.07) is 0. The number of hydrogen-bond acceptors (Lipinski definition) is 2. The smallest absolute Gasteiger partial charge is 0.0594 e. The van der Waals surface area contributed by atoms with Gasteiger partial charge in [-0.3, -0.25) is 4.90 Å². The molecule has 1 heterocycles. The van der Waals surface area contributed by atoms with Crippen LogP contribution in [0.1, 0.15) is 19.8 Å². The Balaban J connectivity index is 2.07. The third kappa shape index (κ3) is 4.58. The molecule has 1 aliphatic rings. The fourth-order valence-corrected chi connectivity index (χ4v) is 1.69. The first-order valence-electron chi connectivity index (χ1n) is 5.41. The molecular formula is C12H21NO. The van der Waals surface area contributed by atoms with E-state index in [1.54, 1.807) is 0 Å². The third-order valence-electron chi connectivity index (χ3n) is 2.55. The fraction of sp³-hybridized carbons (Fsp3) is 0.667. The monoisotopic (exact) mass is 195 g/mol. The molecule has 1 aliphatic heterocycles. The Kier molecular flexibility index (Phi) is 5.57. The van der Waals surface area contributed by atoms with E-state index in [0.717, 1.165) is 26.3 Å². The van der Waals surface area contributed by atoms with E-state index in [0.29, 0.717) is 0 Å². The molecule has 2 nitrogen and oxygen atoms in total. The molecule has 0 unspecified atom stereocenters. The SMILES string of the molecule is C=C/C=C(\C)CCCN1CCOCC1. The Morgan fingerprint density at radius 3 is 2.79 bits per heavy atom. The maximum Gasteiger partial charge on any atom is 0.0594 e. The molecule has 2 heteroatoms. The van der Waals surface area contributed by atoms with Crippen molar-refractivity contribution in [2.75, 3.05) is 32.8 Å². The van der Waals surface area contributed by atoms with Crippen LogP contribution in [0, 0.1) is 0 Å². The molecule has 0 N–H and O–H groups in total. The van der Waals surface area contributed by atoms with Crippen molar-refractivity contribution in [1.82, 2.24) is 4.90 Å². The van der Waals surface area contributed by atoms with Gasteiger partial charge in [-0.25, -0.2) is 0 Å². The molecular weight excluding hydrogens is 174 g/mol. The van der Waals surface area contributed by atoms with E-state index in [1.807, 2.05) is 6.08 Å². The quantitative estimate of drug-likeness (QED) is 0.624. The van der Waals surface area contributed by atoms with Crippen LogP contribution in [-0.2, 0) is 4.74 Å². The van der Waals surface area contributed by atoms with Gasteiger partial charge in [0.25, 0.3) is 0 Å². The van der Waals surface area contributed by atoms with Crippen molar-refractivity contribution >= 4 is 0 Å². The van der Waals surface area contributed by atoms with E-state index in [-0.39, 0.29) is 0 Å². The molecule has 1 rings (SSSR count). The Morgan fingerprint density at radius 1 is 1.43 bits per heavy atom. The first-order valence-corrected chi connectivity index (χ1v) is 5.41. The van der Waals surface area contributed by atoms with Gasteiger partial charge in [0.1, 0.15) is 0 Å². The molecule has 0 atom stereocenters. The number of hydrogen-bond donors (Lipinski definition) is 0. The molecule has 0 aromatic rings. The Labute approximate surface area is 87.2 Å². The maximum absolute atomic E-state index is 5.30. The predicted octanol–water partition coefficient (Wildman–Crippen LogP) is 2.23. The van der Waals surface area contributed by atoms with E-state index in [2.05, 4.69) is 24.5 Å². The summed E-state index contributed by atoms with van der Waals surface area (Å²) in [5.41, 5.74) is 1.42. The van der Waals surface area contributed by atoms with Crippen LogP contribution in [0.5, 0.6) is 0 Å². The molecule has 0 radical (unpaired) electrons. The summed E-state index contributed by atoms with van der Waals surface area (Å²) in [5.74, 6) is 0. The average molecular weight is 195 g/mol. The summed E-state index contributed by atoms with van der Waals surface area (Å²) in [7, 11) is 0. The van der Waals surface area contributed by atoms with Crippen molar-refractivity contribution in [2.45, 2.75) is 19.8 Å². The molecule has 0 saturated carbocycles. The van der Waals surface area contributed by atoms with Gasteiger partial charge in [0.15, 0.2) is 0 Å². The number of morpholine rings is 1. The van der Waals surface area contributed by atoms with Crippen LogP contribution >= 0.6 is 0 Å². The molecule has 0 aliphatic carbocycles. The van der Waals surface area contributed by atoms with Crippen LogP contribution in [0.2, 0.25) is 0 Å². The highest BCUT2D eigenvalue weighted by atomic mass is 16.5. The van der Waals surface area contributed by atoms with Gasteiger partial charge in [-0.2, -0.15) is 0 Å². The second kappa shape index (κ2) is 6.80. The lowest BCUT2D eigenvalue weighted by Gasteiger charge is -2.26. The Hall–Kier alpha value is -0.600. The van der Waals surface area contributed by atoms with Gasteiger partial charge in [0, 0.05) is 13.1 Å². The van der Waals surface area contributed by atoms with Gasteiger partial charge in [0.05, 0.1) is 13.2 Å². The number of nitrogens with zero attached hydrogens (tertiary/aromatic N) is 1. The summed E-state index contributed by atoms with van der Waals surface area (Å²) in [5, 5.41) is 0. The second-order valence-electron chi connectivity index (χ2n) is 3.81. The number of ether oxygens (including phenoxy) is 1. The number of allylic oxidation sites excluding steroid dienone is 3. The zero-order valence-corrected chi connectivity index (χ0v) is 9.17. The number of rotatable bonds is 5. The van der Waals surface area contributed by atoms with Crippen LogP contribution < -0.4 is 0 Å². The van der Waals surface area contributed by atoms with Crippen molar-refractivity contribution in [3.63, 3.8) is 0 Å². The molecule has 0 aromatic heterocycles. The summed E-state index contributed by atoms with van der Waals surface area (Å²) >= 11 is 0. The first-order chi connectivity index (χ1) is 6.83. The molecule has 0 aromatic carbocycles. The van der Waals surface area contributed by atoms with E-state index < -0.39 is 0 Å². The van der Waals surface area contributed by atoms with Crippen molar-refractivity contribution in [3.05, 3.63) is 24.3 Å².